The summed E-state index contributed by atoms with van der Waals surface area (Å²) >= 11 is 0. The Labute approximate surface area is 264 Å². The molecule has 0 amide bonds. The van der Waals surface area contributed by atoms with Gasteiger partial charge in [0.2, 0.25) is 0 Å². The lowest BCUT2D eigenvalue weighted by atomic mass is 9.42. The number of hydrogen-bond donors (Lipinski definition) is 4. The number of fused-ring (bicyclic) bond motifs is 2. The van der Waals surface area contributed by atoms with Crippen LogP contribution in [0.5, 0.6) is 5.75 Å². The number of rotatable bonds is 9. The lowest BCUT2D eigenvalue weighted by Crippen LogP contribution is -2.83. The summed E-state index contributed by atoms with van der Waals surface area (Å²) in [5, 5.41) is 36.9. The van der Waals surface area contributed by atoms with Crippen LogP contribution in [0.1, 0.15) is 30.1 Å². The summed E-state index contributed by atoms with van der Waals surface area (Å²) in [6.07, 6.45) is -4.61. The highest BCUT2D eigenvalue weighted by molar-refractivity contribution is 5.89. The van der Waals surface area contributed by atoms with Crippen molar-refractivity contribution in [1.82, 2.24) is 4.90 Å². The van der Waals surface area contributed by atoms with E-state index < -0.39 is 76.4 Å². The largest absolute Gasteiger partial charge is 0.497 e. The van der Waals surface area contributed by atoms with Gasteiger partial charge in [0.1, 0.15) is 29.7 Å². The normalized spacial score (nSPS) is 50.8. The molecule has 12 nitrogen and oxygen atoms in total. The molecule has 1 saturated heterocycles. The Bertz CT molecular complexity index is 1320. The zero-order valence-electron chi connectivity index (χ0n) is 26.9. The minimum absolute atomic E-state index is 0.166. The van der Waals surface area contributed by atoms with E-state index in [1.54, 1.807) is 52.7 Å². The van der Waals surface area contributed by atoms with Crippen LogP contribution in [0.3, 0.4) is 0 Å². The van der Waals surface area contributed by atoms with E-state index in [9.17, 15) is 20.1 Å². The van der Waals surface area contributed by atoms with Gasteiger partial charge in [-0.1, -0.05) is 6.92 Å². The number of methoxy groups -OCH3 is 5. The average Bonchev–Trinajstić information content (AvgIpc) is 3.42. The SMILES string of the molecule is CCN1C[C@]2(COC)[C@H](O)C[C@H](OC)[C@]34C1[C@H]([C@H](OC)[C@H]23)[C@]1(N)[C@H]2[C@@H](OC(=O)c3ccc(OC)cc3)[C@](O)(C[C@H]24)[C@@H](OC)[C@@H]1O. The van der Waals surface area contributed by atoms with Gasteiger partial charge in [0.15, 0.2) is 0 Å². The van der Waals surface area contributed by atoms with Gasteiger partial charge >= 0.3 is 5.97 Å². The first-order valence-corrected chi connectivity index (χ1v) is 16.0. The van der Waals surface area contributed by atoms with E-state index in [1.165, 1.54) is 7.11 Å². The number of hydrogen-bond acceptors (Lipinski definition) is 12. The summed E-state index contributed by atoms with van der Waals surface area (Å²) < 4.78 is 36.1. The van der Waals surface area contributed by atoms with Gasteiger partial charge in [-0.25, -0.2) is 4.79 Å². The number of likely N-dealkylation sites (tertiary alicyclic amines) is 1. The maximum absolute atomic E-state index is 13.8. The third-order valence-corrected chi connectivity index (χ3v) is 13.3. The van der Waals surface area contributed by atoms with E-state index in [1.807, 2.05) is 0 Å². The van der Waals surface area contributed by atoms with E-state index >= 15 is 0 Å². The van der Waals surface area contributed by atoms with Gasteiger partial charge in [-0.2, -0.15) is 0 Å². The van der Waals surface area contributed by atoms with Gasteiger partial charge in [0, 0.05) is 76.0 Å². The number of aliphatic hydroxyl groups is 3. The number of nitrogens with zero attached hydrogens (tertiary/aromatic N) is 1. The highest BCUT2D eigenvalue weighted by atomic mass is 16.6. The van der Waals surface area contributed by atoms with Crippen molar-refractivity contribution in [3.8, 4) is 5.75 Å². The highest BCUT2D eigenvalue weighted by Crippen LogP contribution is 2.79. The molecule has 7 bridgehead atoms. The Hall–Kier alpha value is -1.87. The van der Waals surface area contributed by atoms with Crippen molar-refractivity contribution >= 4 is 5.97 Å². The maximum atomic E-state index is 13.8. The van der Waals surface area contributed by atoms with Crippen molar-refractivity contribution in [2.24, 2.45) is 40.2 Å². The van der Waals surface area contributed by atoms with Gasteiger partial charge in [-0.3, -0.25) is 4.90 Å². The summed E-state index contributed by atoms with van der Waals surface area (Å²) in [6.45, 7) is 3.62. The predicted octanol–water partition coefficient (Wildman–Crippen LogP) is 0.0523. The first-order valence-electron chi connectivity index (χ1n) is 16.0. The monoisotopic (exact) mass is 632 g/mol. The third-order valence-electron chi connectivity index (χ3n) is 13.3. The summed E-state index contributed by atoms with van der Waals surface area (Å²) in [7, 11) is 7.98. The van der Waals surface area contributed by atoms with Crippen LogP contribution >= 0.6 is 0 Å². The molecule has 45 heavy (non-hydrogen) atoms. The van der Waals surface area contributed by atoms with Crippen LogP contribution in [-0.2, 0) is 23.7 Å². The predicted molar refractivity (Wildman–Crippen MR) is 159 cm³/mol. The molecule has 1 aromatic carbocycles. The molecule has 15 atom stereocenters. The quantitative estimate of drug-likeness (QED) is 0.271. The van der Waals surface area contributed by atoms with E-state index in [2.05, 4.69) is 11.8 Å². The van der Waals surface area contributed by atoms with Crippen LogP contribution in [0.15, 0.2) is 24.3 Å². The molecule has 0 radical (unpaired) electrons. The second-order valence-corrected chi connectivity index (χ2v) is 14.3. The van der Waals surface area contributed by atoms with Crippen LogP contribution in [-0.4, -0.2) is 135 Å². The Morgan fingerprint density at radius 2 is 1.73 bits per heavy atom. The number of esters is 1. The summed E-state index contributed by atoms with van der Waals surface area (Å²) in [5.74, 6) is -1.77. The molecule has 1 unspecified atom stereocenters. The van der Waals surface area contributed by atoms with Gasteiger partial charge in [0.25, 0.3) is 0 Å². The Morgan fingerprint density at radius 1 is 1.02 bits per heavy atom. The maximum Gasteiger partial charge on any atom is 0.338 e. The molecule has 6 aliphatic rings. The molecule has 6 fully saturated rings. The average molecular weight is 633 g/mol. The number of benzene rings is 1. The number of carbonyl (C=O) groups is 1. The van der Waals surface area contributed by atoms with Gasteiger partial charge in [-0.05, 0) is 43.1 Å². The van der Waals surface area contributed by atoms with Gasteiger partial charge in [-0.15, -0.1) is 0 Å². The molecule has 5 N–H and O–H groups in total. The fourth-order valence-corrected chi connectivity index (χ4v) is 12.2. The fraction of sp³-hybridized carbons (Fsp3) is 0.788. The van der Waals surface area contributed by atoms with E-state index in [0.29, 0.717) is 37.4 Å². The molecule has 250 valence electrons. The van der Waals surface area contributed by atoms with Crippen LogP contribution in [0.4, 0.5) is 0 Å². The molecular formula is C33H48N2O10. The molecular weight excluding hydrogens is 584 g/mol. The summed E-state index contributed by atoms with van der Waals surface area (Å²) in [4.78, 5) is 16.1. The molecule has 1 aromatic rings. The van der Waals surface area contributed by atoms with Crippen molar-refractivity contribution in [2.45, 2.75) is 73.6 Å². The lowest BCUT2D eigenvalue weighted by Gasteiger charge is -2.70. The standard InChI is InChI=1S/C33H48N2O10/c1-7-35-14-30(15-40-2)19(36)12-20(42-4)32-18-13-31(39)27(45-29(38)16-8-10-17(41-3)11-9-16)21(18)33(34,26(37)28(31)44-6)22(25(32)35)23(43-5)24(30)32/h8-11,18-28,36-37,39H,7,12-15,34H2,1-6H3/t18-,19-,20+,21-,22+,23+,24-,25?,26+,27-,28+,30+,31-,32+,33-/m1/s1. The topological polar surface area (TPSA) is 162 Å². The highest BCUT2D eigenvalue weighted by Gasteiger charge is 2.90. The minimum atomic E-state index is -1.74. The number of aliphatic hydroxyl groups excluding tert-OH is 2. The summed E-state index contributed by atoms with van der Waals surface area (Å²) in [5.41, 5.74) is 3.43. The number of carbonyl (C=O) groups excluding carboxylic acids is 1. The van der Waals surface area contributed by atoms with Crippen molar-refractivity contribution in [1.29, 1.82) is 0 Å². The third kappa shape index (κ3) is 3.56. The Kier molecular flexibility index (Phi) is 7.45. The van der Waals surface area contributed by atoms with Crippen molar-refractivity contribution in [3.05, 3.63) is 29.8 Å². The van der Waals surface area contributed by atoms with Crippen LogP contribution in [0.25, 0.3) is 0 Å². The van der Waals surface area contributed by atoms with Gasteiger partial charge in [0.05, 0.1) is 43.1 Å². The minimum Gasteiger partial charge on any atom is -0.497 e. The molecule has 1 aliphatic heterocycles. The first kappa shape index (κ1) is 31.7. The van der Waals surface area contributed by atoms with E-state index in [-0.39, 0.29) is 24.3 Å². The van der Waals surface area contributed by atoms with Crippen molar-refractivity contribution in [2.75, 3.05) is 55.2 Å². The lowest BCUT2D eigenvalue weighted by molar-refractivity contribution is -0.288. The Balaban J connectivity index is 1.45. The molecule has 0 aromatic heterocycles. The molecule has 12 heteroatoms. The number of nitrogens with two attached hydrogens (primary N) is 1. The van der Waals surface area contributed by atoms with Gasteiger partial charge < -0.3 is 49.5 Å². The van der Waals surface area contributed by atoms with Crippen LogP contribution in [0, 0.1) is 34.5 Å². The molecule has 1 heterocycles. The van der Waals surface area contributed by atoms with Crippen molar-refractivity contribution in [3.63, 3.8) is 0 Å². The second-order valence-electron chi connectivity index (χ2n) is 14.3. The summed E-state index contributed by atoms with van der Waals surface area (Å²) in [6, 6.07) is 6.39. The smallest absolute Gasteiger partial charge is 0.338 e. The van der Waals surface area contributed by atoms with Crippen molar-refractivity contribution < 1.29 is 48.5 Å². The first-order chi connectivity index (χ1) is 21.5. The fourth-order valence-electron chi connectivity index (χ4n) is 12.2. The van der Waals surface area contributed by atoms with Crippen LogP contribution in [0.2, 0.25) is 0 Å². The zero-order chi connectivity index (χ0) is 32.3. The molecule has 7 rings (SSSR count). The molecule has 1 spiro atoms. The molecule has 5 aliphatic carbocycles. The van der Waals surface area contributed by atoms with Crippen LogP contribution < -0.4 is 10.5 Å². The number of piperidine rings is 1. The Morgan fingerprint density at radius 3 is 2.31 bits per heavy atom. The number of ether oxygens (including phenoxy) is 6. The second kappa shape index (κ2) is 10.6. The van der Waals surface area contributed by atoms with E-state index in [0.717, 1.165) is 0 Å². The zero-order valence-corrected chi connectivity index (χ0v) is 26.9. The van der Waals surface area contributed by atoms with E-state index in [4.69, 9.17) is 34.2 Å². The molecule has 5 saturated carbocycles.